The van der Waals surface area contributed by atoms with E-state index in [0.29, 0.717) is 27.9 Å². The molecule has 3 aromatic heterocycles. The average molecular weight is 469 g/mol. The minimum Gasteiger partial charge on any atom is -0.339 e. The summed E-state index contributed by atoms with van der Waals surface area (Å²) in [6.45, 7) is 1.98. The number of fused-ring (bicyclic) bond motifs is 1. The first-order valence-electron chi connectivity index (χ1n) is 10.7. The molecule has 0 saturated heterocycles. The van der Waals surface area contributed by atoms with Gasteiger partial charge in [0, 0.05) is 47.7 Å². The molecule has 5 aromatic rings. The van der Waals surface area contributed by atoms with Crippen molar-refractivity contribution < 1.29 is 4.79 Å². The Labute approximate surface area is 201 Å². The van der Waals surface area contributed by atoms with Crippen LogP contribution in [0.2, 0.25) is 5.02 Å². The van der Waals surface area contributed by atoms with Crippen LogP contribution in [0.3, 0.4) is 0 Å². The third kappa shape index (κ3) is 4.38. The van der Waals surface area contributed by atoms with Gasteiger partial charge >= 0.3 is 0 Å². The Morgan fingerprint density at radius 2 is 1.94 bits per heavy atom. The van der Waals surface area contributed by atoms with Gasteiger partial charge in [0.2, 0.25) is 0 Å². The fourth-order valence-corrected chi connectivity index (χ4v) is 3.95. The second-order valence-electron chi connectivity index (χ2n) is 8.03. The zero-order valence-corrected chi connectivity index (χ0v) is 19.4. The number of anilines is 2. The highest BCUT2D eigenvalue weighted by Crippen LogP contribution is 2.29. The van der Waals surface area contributed by atoms with Crippen molar-refractivity contribution in [3.05, 3.63) is 94.9 Å². The summed E-state index contributed by atoms with van der Waals surface area (Å²) < 4.78 is 1.71. The number of hydrogen-bond donors (Lipinski definition) is 1. The lowest BCUT2D eigenvalue weighted by molar-refractivity contribution is 0.0993. The predicted octanol–water partition coefficient (Wildman–Crippen LogP) is 5.56. The maximum absolute atomic E-state index is 13.0. The van der Waals surface area contributed by atoms with E-state index < -0.39 is 0 Å². The SMILES string of the molecule is Cc1ccc(C(=O)Cc2cccc(Cl)c2)cc1Nc1nc(-c2cccnc2)nc2c1cnn2C. The highest BCUT2D eigenvalue weighted by atomic mass is 35.5. The number of carbonyl (C=O) groups excluding carboxylic acids is 1. The van der Waals surface area contributed by atoms with Gasteiger partial charge in [-0.3, -0.25) is 14.5 Å². The van der Waals surface area contributed by atoms with Crippen LogP contribution in [-0.2, 0) is 13.5 Å². The van der Waals surface area contributed by atoms with Gasteiger partial charge in [-0.1, -0.05) is 35.9 Å². The standard InChI is InChI=1S/C26H21ClN6O/c1-16-8-9-18(23(34)12-17-5-3-7-20(27)11-17)13-22(16)30-25-21-15-29-33(2)26(21)32-24(31-25)19-6-4-10-28-14-19/h3-11,13-15H,12H2,1-2H3,(H,30,31,32). The van der Waals surface area contributed by atoms with Crippen LogP contribution in [0, 0.1) is 6.92 Å². The lowest BCUT2D eigenvalue weighted by atomic mass is 10.0. The molecule has 0 fully saturated rings. The largest absolute Gasteiger partial charge is 0.339 e. The van der Waals surface area contributed by atoms with Crippen LogP contribution in [0.4, 0.5) is 11.5 Å². The topological polar surface area (TPSA) is 85.6 Å². The molecule has 0 radical (unpaired) electrons. The minimum absolute atomic E-state index is 0.00979. The number of carbonyl (C=O) groups is 1. The van der Waals surface area contributed by atoms with E-state index >= 15 is 0 Å². The van der Waals surface area contributed by atoms with Gasteiger partial charge in [-0.25, -0.2) is 9.97 Å². The Morgan fingerprint density at radius 1 is 1.06 bits per heavy atom. The summed E-state index contributed by atoms with van der Waals surface area (Å²) in [6, 6.07) is 16.7. The van der Waals surface area contributed by atoms with Crippen LogP contribution in [0.1, 0.15) is 21.5 Å². The number of rotatable bonds is 6. The van der Waals surface area contributed by atoms with Crippen LogP contribution in [-0.4, -0.2) is 30.5 Å². The number of pyridine rings is 1. The highest BCUT2D eigenvalue weighted by Gasteiger charge is 2.15. The molecule has 34 heavy (non-hydrogen) atoms. The fraction of sp³-hybridized carbons (Fsp3) is 0.115. The monoisotopic (exact) mass is 468 g/mol. The molecule has 0 aliphatic rings. The molecule has 1 N–H and O–H groups in total. The molecule has 0 unspecified atom stereocenters. The first-order chi connectivity index (χ1) is 16.5. The van der Waals surface area contributed by atoms with E-state index in [4.69, 9.17) is 16.6 Å². The van der Waals surface area contributed by atoms with Gasteiger partial charge in [-0.15, -0.1) is 0 Å². The molecular weight excluding hydrogens is 448 g/mol. The molecular formula is C26H21ClN6O. The van der Waals surface area contributed by atoms with Crippen molar-refractivity contribution in [3.8, 4) is 11.4 Å². The van der Waals surface area contributed by atoms with E-state index in [-0.39, 0.29) is 12.2 Å². The van der Waals surface area contributed by atoms with Crippen LogP contribution in [0.25, 0.3) is 22.4 Å². The smallest absolute Gasteiger partial charge is 0.167 e. The van der Waals surface area contributed by atoms with E-state index in [1.807, 2.05) is 62.5 Å². The molecule has 2 aromatic carbocycles. The van der Waals surface area contributed by atoms with Gasteiger partial charge in [-0.2, -0.15) is 5.10 Å². The van der Waals surface area contributed by atoms with Gasteiger partial charge in [-0.05, 0) is 48.4 Å². The molecule has 8 heteroatoms. The zero-order chi connectivity index (χ0) is 23.7. The molecule has 0 atom stereocenters. The van der Waals surface area contributed by atoms with E-state index in [1.54, 1.807) is 29.3 Å². The molecule has 0 aliphatic heterocycles. The summed E-state index contributed by atoms with van der Waals surface area (Å²) in [5, 5.41) is 9.16. The van der Waals surface area contributed by atoms with Crippen LogP contribution >= 0.6 is 11.6 Å². The van der Waals surface area contributed by atoms with Crippen LogP contribution in [0.5, 0.6) is 0 Å². The first kappa shape index (κ1) is 21.7. The molecule has 0 spiro atoms. The lowest BCUT2D eigenvalue weighted by Gasteiger charge is -2.13. The Kier molecular flexibility index (Phi) is 5.77. The molecule has 0 amide bonds. The highest BCUT2D eigenvalue weighted by molar-refractivity contribution is 6.30. The van der Waals surface area contributed by atoms with Crippen molar-refractivity contribution in [2.24, 2.45) is 7.05 Å². The van der Waals surface area contributed by atoms with Crippen molar-refractivity contribution in [3.63, 3.8) is 0 Å². The number of ketones is 1. The van der Waals surface area contributed by atoms with Crippen molar-refractivity contribution in [1.29, 1.82) is 0 Å². The van der Waals surface area contributed by atoms with Gasteiger partial charge in [0.05, 0.1) is 11.6 Å². The van der Waals surface area contributed by atoms with Crippen molar-refractivity contribution in [2.75, 3.05) is 5.32 Å². The summed E-state index contributed by atoms with van der Waals surface area (Å²) in [6.07, 6.45) is 5.44. The number of Topliss-reactive ketones (excluding diaryl/α,β-unsaturated/α-hetero) is 1. The van der Waals surface area contributed by atoms with Gasteiger partial charge in [0.25, 0.3) is 0 Å². The van der Waals surface area contributed by atoms with Crippen molar-refractivity contribution >= 4 is 39.9 Å². The maximum Gasteiger partial charge on any atom is 0.167 e. The predicted molar refractivity (Wildman–Crippen MR) is 133 cm³/mol. The third-order valence-corrected chi connectivity index (χ3v) is 5.81. The number of nitrogens with zero attached hydrogens (tertiary/aromatic N) is 5. The fourth-order valence-electron chi connectivity index (χ4n) is 3.73. The maximum atomic E-state index is 13.0. The van der Waals surface area contributed by atoms with E-state index in [1.165, 1.54) is 0 Å². The molecule has 3 heterocycles. The molecule has 7 nitrogen and oxygen atoms in total. The Morgan fingerprint density at radius 3 is 2.74 bits per heavy atom. The number of aromatic nitrogens is 5. The summed E-state index contributed by atoms with van der Waals surface area (Å²) >= 11 is 6.07. The lowest BCUT2D eigenvalue weighted by Crippen LogP contribution is -2.06. The molecule has 5 rings (SSSR count). The number of nitrogens with one attached hydrogen (secondary N) is 1. The van der Waals surface area contributed by atoms with E-state index in [9.17, 15) is 4.79 Å². The molecule has 0 aliphatic carbocycles. The summed E-state index contributed by atoms with van der Waals surface area (Å²) in [4.78, 5) is 26.6. The molecule has 0 saturated carbocycles. The zero-order valence-electron chi connectivity index (χ0n) is 18.7. The second kappa shape index (κ2) is 9.03. The number of halogens is 1. The minimum atomic E-state index is 0.00979. The van der Waals surface area contributed by atoms with E-state index in [0.717, 1.165) is 27.8 Å². The third-order valence-electron chi connectivity index (χ3n) is 5.58. The Bertz CT molecular complexity index is 1510. The number of hydrogen-bond acceptors (Lipinski definition) is 6. The van der Waals surface area contributed by atoms with Crippen molar-refractivity contribution in [2.45, 2.75) is 13.3 Å². The normalized spacial score (nSPS) is 11.0. The average Bonchev–Trinajstić information content (AvgIpc) is 3.22. The van der Waals surface area contributed by atoms with Gasteiger partial charge in [0.1, 0.15) is 5.82 Å². The second-order valence-corrected chi connectivity index (χ2v) is 8.46. The van der Waals surface area contributed by atoms with Crippen molar-refractivity contribution in [1.82, 2.24) is 24.7 Å². The summed E-state index contributed by atoms with van der Waals surface area (Å²) in [5.74, 6) is 1.16. The Balaban J connectivity index is 1.51. The van der Waals surface area contributed by atoms with E-state index in [2.05, 4.69) is 20.4 Å². The van der Waals surface area contributed by atoms with Crippen LogP contribution in [0.15, 0.2) is 73.2 Å². The van der Waals surface area contributed by atoms with Gasteiger partial charge in [0.15, 0.2) is 17.3 Å². The number of benzene rings is 2. The quantitative estimate of drug-likeness (QED) is 0.328. The first-order valence-corrected chi connectivity index (χ1v) is 11.1. The van der Waals surface area contributed by atoms with Crippen LogP contribution < -0.4 is 5.32 Å². The Hall–Kier alpha value is -4.10. The number of aryl methyl sites for hydroxylation is 2. The summed E-state index contributed by atoms with van der Waals surface area (Å²) in [7, 11) is 1.84. The molecule has 0 bridgehead atoms. The summed E-state index contributed by atoms with van der Waals surface area (Å²) in [5.41, 5.74) is 4.76. The molecule has 168 valence electrons. The van der Waals surface area contributed by atoms with Gasteiger partial charge < -0.3 is 5.32 Å².